The van der Waals surface area contributed by atoms with Gasteiger partial charge in [0, 0.05) is 5.56 Å². The van der Waals surface area contributed by atoms with Gasteiger partial charge in [-0.25, -0.2) is 0 Å². The van der Waals surface area contributed by atoms with Crippen LogP contribution in [0.3, 0.4) is 0 Å². The van der Waals surface area contributed by atoms with Gasteiger partial charge >= 0.3 is 0 Å². The van der Waals surface area contributed by atoms with E-state index in [0.29, 0.717) is 5.88 Å². The molecule has 0 saturated carbocycles. The smallest absolute Gasteiger partial charge is 0.249 e. The maximum Gasteiger partial charge on any atom is 0.249 e. The average molecular weight is 403 g/mol. The minimum absolute atomic E-state index is 0.709. The van der Waals surface area contributed by atoms with Gasteiger partial charge in [-0.2, -0.15) is 0 Å². The van der Waals surface area contributed by atoms with Gasteiger partial charge in [0.1, 0.15) is 5.58 Å². The van der Waals surface area contributed by atoms with Gasteiger partial charge in [-0.1, -0.05) is 66.2 Å². The molecule has 0 fully saturated rings. The second-order valence-corrected chi connectivity index (χ2v) is 8.03. The Labute approximate surface area is 181 Å². The van der Waals surface area contributed by atoms with Crippen molar-refractivity contribution >= 4 is 28.2 Å². The average Bonchev–Trinajstić information content (AvgIpc) is 3.15. The molecule has 1 aromatic heterocycles. The number of hydrogen-bond donors (Lipinski definition) is 0. The third-order valence-corrected chi connectivity index (χ3v) is 5.78. The summed E-state index contributed by atoms with van der Waals surface area (Å²) in [6, 6.07) is 31.4. The van der Waals surface area contributed by atoms with E-state index in [4.69, 9.17) is 9.15 Å². The molecule has 0 aliphatic carbocycles. The number of para-hydroxylation sites is 1. The number of ether oxygens (including phenoxy) is 1. The lowest BCUT2D eigenvalue weighted by molar-refractivity contribution is 0.463. The second-order valence-electron chi connectivity index (χ2n) is 8.03. The molecule has 5 aromatic rings. The second kappa shape index (κ2) is 6.78. The Morgan fingerprint density at radius 1 is 0.677 bits per heavy atom. The maximum atomic E-state index is 6.43. The first-order valence-corrected chi connectivity index (χ1v) is 10.5. The van der Waals surface area contributed by atoms with E-state index in [2.05, 4.69) is 97.6 Å². The van der Waals surface area contributed by atoms with E-state index in [1.165, 1.54) is 5.56 Å². The summed E-state index contributed by atoms with van der Waals surface area (Å²) in [7, 11) is 0. The van der Waals surface area contributed by atoms with Gasteiger partial charge in [-0.15, -0.1) is 0 Å². The van der Waals surface area contributed by atoms with Gasteiger partial charge in [-0.3, -0.25) is 4.90 Å². The molecule has 0 N–H and O–H groups in total. The number of aryl methyl sites for hydroxylation is 2. The number of anilines is 3. The molecule has 31 heavy (non-hydrogen) atoms. The highest BCUT2D eigenvalue weighted by Gasteiger charge is 2.32. The van der Waals surface area contributed by atoms with Crippen LogP contribution in [0, 0.1) is 13.8 Å². The molecule has 0 amide bonds. The SMILES string of the molecule is Cc1ccc2c(c1)Oc1c(oc3ccc(C)cc13)N2c1ccccc1-c1ccccc1. The van der Waals surface area contributed by atoms with E-state index in [0.717, 1.165) is 50.5 Å². The van der Waals surface area contributed by atoms with E-state index in [1.807, 2.05) is 12.1 Å². The Morgan fingerprint density at radius 3 is 2.29 bits per heavy atom. The molecular formula is C28H21NO2. The molecule has 3 nitrogen and oxygen atoms in total. The monoisotopic (exact) mass is 403 g/mol. The van der Waals surface area contributed by atoms with Gasteiger partial charge in [0.15, 0.2) is 11.5 Å². The lowest BCUT2D eigenvalue weighted by Crippen LogP contribution is -2.15. The van der Waals surface area contributed by atoms with Crippen molar-refractivity contribution in [1.82, 2.24) is 0 Å². The van der Waals surface area contributed by atoms with Crippen molar-refractivity contribution in [3.8, 4) is 22.6 Å². The van der Waals surface area contributed by atoms with Crippen molar-refractivity contribution in [3.05, 3.63) is 102 Å². The van der Waals surface area contributed by atoms with Gasteiger partial charge < -0.3 is 9.15 Å². The van der Waals surface area contributed by atoms with Crippen LogP contribution in [-0.2, 0) is 0 Å². The van der Waals surface area contributed by atoms with Crippen LogP contribution in [0.15, 0.2) is 95.4 Å². The molecule has 2 heterocycles. The summed E-state index contributed by atoms with van der Waals surface area (Å²) in [4.78, 5) is 2.19. The van der Waals surface area contributed by atoms with Gasteiger partial charge in [0.2, 0.25) is 5.88 Å². The highest BCUT2D eigenvalue weighted by molar-refractivity contribution is 5.99. The Balaban J connectivity index is 1.66. The fourth-order valence-corrected chi connectivity index (χ4v) is 4.30. The zero-order chi connectivity index (χ0) is 20.9. The van der Waals surface area contributed by atoms with Crippen LogP contribution in [0.5, 0.6) is 11.5 Å². The van der Waals surface area contributed by atoms with Gasteiger partial charge in [0.05, 0.1) is 16.8 Å². The normalized spacial score (nSPS) is 12.4. The zero-order valence-corrected chi connectivity index (χ0v) is 17.4. The first-order chi connectivity index (χ1) is 15.2. The summed E-state index contributed by atoms with van der Waals surface area (Å²) in [5, 5.41) is 0.990. The van der Waals surface area contributed by atoms with Crippen molar-refractivity contribution in [2.45, 2.75) is 13.8 Å². The van der Waals surface area contributed by atoms with Crippen molar-refractivity contribution < 1.29 is 9.15 Å². The number of rotatable bonds is 2. The molecule has 150 valence electrons. The van der Waals surface area contributed by atoms with Crippen LogP contribution < -0.4 is 9.64 Å². The molecule has 6 rings (SSSR count). The number of benzene rings is 4. The first-order valence-electron chi connectivity index (χ1n) is 10.5. The number of furan rings is 1. The Kier molecular flexibility index (Phi) is 3.90. The van der Waals surface area contributed by atoms with Gasteiger partial charge in [-0.05, 0) is 55.3 Å². The molecule has 3 heteroatoms. The van der Waals surface area contributed by atoms with E-state index >= 15 is 0 Å². The summed E-state index contributed by atoms with van der Waals surface area (Å²) in [5.74, 6) is 2.31. The van der Waals surface area contributed by atoms with Crippen LogP contribution in [0.25, 0.3) is 22.1 Å². The van der Waals surface area contributed by atoms with E-state index < -0.39 is 0 Å². The van der Waals surface area contributed by atoms with Crippen molar-refractivity contribution in [3.63, 3.8) is 0 Å². The van der Waals surface area contributed by atoms with Crippen LogP contribution in [0.4, 0.5) is 17.3 Å². The van der Waals surface area contributed by atoms with E-state index in [1.54, 1.807) is 0 Å². The fourth-order valence-electron chi connectivity index (χ4n) is 4.30. The van der Waals surface area contributed by atoms with Crippen LogP contribution in [-0.4, -0.2) is 0 Å². The van der Waals surface area contributed by atoms with Crippen molar-refractivity contribution in [1.29, 1.82) is 0 Å². The number of hydrogen-bond acceptors (Lipinski definition) is 3. The summed E-state index contributed by atoms with van der Waals surface area (Å²) >= 11 is 0. The largest absolute Gasteiger partial charge is 0.449 e. The molecule has 0 saturated heterocycles. The molecule has 0 unspecified atom stereocenters. The maximum absolute atomic E-state index is 6.43. The predicted octanol–water partition coefficient (Wildman–Crippen LogP) is 8.29. The quantitative estimate of drug-likeness (QED) is 0.291. The van der Waals surface area contributed by atoms with Gasteiger partial charge in [0.25, 0.3) is 0 Å². The molecule has 1 aliphatic rings. The van der Waals surface area contributed by atoms with Crippen LogP contribution in [0.1, 0.15) is 11.1 Å². The fraction of sp³-hybridized carbons (Fsp3) is 0.0714. The number of nitrogens with zero attached hydrogens (tertiary/aromatic N) is 1. The standard InChI is InChI=1S/C28H21NO2/c1-18-13-15-25-22(16-18)27-28(31-25)29(24-14-12-19(2)17-26(24)30-27)23-11-7-6-10-21(23)20-8-4-3-5-9-20/h3-17H,1-2H3. The molecule has 1 aliphatic heterocycles. The molecule has 0 spiro atoms. The van der Waals surface area contributed by atoms with E-state index in [-0.39, 0.29) is 0 Å². The molecule has 0 atom stereocenters. The molecule has 0 radical (unpaired) electrons. The molecular weight excluding hydrogens is 382 g/mol. The summed E-state index contributed by atoms with van der Waals surface area (Å²) in [6.45, 7) is 4.17. The summed E-state index contributed by atoms with van der Waals surface area (Å²) in [5.41, 5.74) is 7.47. The zero-order valence-electron chi connectivity index (χ0n) is 17.4. The highest BCUT2D eigenvalue weighted by Crippen LogP contribution is 2.55. The Hall–Kier alpha value is -3.98. The lowest BCUT2D eigenvalue weighted by Gasteiger charge is -2.31. The predicted molar refractivity (Wildman–Crippen MR) is 126 cm³/mol. The minimum Gasteiger partial charge on any atom is -0.449 e. The Bertz CT molecular complexity index is 1430. The third kappa shape index (κ3) is 2.82. The third-order valence-electron chi connectivity index (χ3n) is 5.78. The van der Waals surface area contributed by atoms with Crippen LogP contribution >= 0.6 is 0 Å². The highest BCUT2D eigenvalue weighted by atomic mass is 16.5. The summed E-state index contributed by atoms with van der Waals surface area (Å²) in [6.07, 6.45) is 0. The summed E-state index contributed by atoms with van der Waals surface area (Å²) < 4.78 is 12.8. The topological polar surface area (TPSA) is 25.6 Å². The van der Waals surface area contributed by atoms with Crippen molar-refractivity contribution in [2.24, 2.45) is 0 Å². The molecule has 0 bridgehead atoms. The van der Waals surface area contributed by atoms with Crippen molar-refractivity contribution in [2.75, 3.05) is 4.90 Å². The van der Waals surface area contributed by atoms with E-state index in [9.17, 15) is 0 Å². The van der Waals surface area contributed by atoms with Crippen LogP contribution in [0.2, 0.25) is 0 Å². The lowest BCUT2D eigenvalue weighted by atomic mass is 10.0. The number of fused-ring (bicyclic) bond motifs is 4. The first kappa shape index (κ1) is 17.8. The minimum atomic E-state index is 0.709. The molecule has 4 aromatic carbocycles. The Morgan fingerprint density at radius 2 is 1.42 bits per heavy atom.